The minimum atomic E-state index is 0.0669. The van der Waals surface area contributed by atoms with Gasteiger partial charge in [0.15, 0.2) is 5.96 Å². The first-order valence-corrected chi connectivity index (χ1v) is 9.17. The first-order valence-electron chi connectivity index (χ1n) is 9.17. The third-order valence-corrected chi connectivity index (χ3v) is 5.11. The standard InChI is InChI=1S/C20H34N4/c1-6-16-7-9-18(10-8-16)20(2,3)15-23-19(21-4)22-13-17-11-12-24(5)14-17/h7-10,17H,6,11-15H2,1-5H3,(H2,21,22,23). The van der Waals surface area contributed by atoms with Crippen molar-refractivity contribution in [1.29, 1.82) is 0 Å². The van der Waals surface area contributed by atoms with Crippen molar-refractivity contribution in [3.8, 4) is 0 Å². The molecule has 1 aromatic carbocycles. The largest absolute Gasteiger partial charge is 0.356 e. The van der Waals surface area contributed by atoms with E-state index in [1.54, 1.807) is 0 Å². The summed E-state index contributed by atoms with van der Waals surface area (Å²) in [5.41, 5.74) is 2.82. The van der Waals surface area contributed by atoms with Gasteiger partial charge in [0.25, 0.3) is 0 Å². The molecular formula is C20H34N4. The molecule has 1 saturated heterocycles. The summed E-state index contributed by atoms with van der Waals surface area (Å²) in [5.74, 6) is 1.63. The zero-order chi connectivity index (χ0) is 17.6. The molecule has 0 aromatic heterocycles. The van der Waals surface area contributed by atoms with Crippen LogP contribution in [-0.4, -0.2) is 51.1 Å². The van der Waals surface area contributed by atoms with Crippen molar-refractivity contribution in [2.75, 3.05) is 40.3 Å². The Kier molecular flexibility index (Phi) is 6.67. The molecule has 0 amide bonds. The van der Waals surface area contributed by atoms with Crippen LogP contribution < -0.4 is 10.6 Å². The second-order valence-corrected chi connectivity index (χ2v) is 7.66. The molecule has 4 nitrogen and oxygen atoms in total. The average Bonchev–Trinajstić information content (AvgIpc) is 3.00. The summed E-state index contributed by atoms with van der Waals surface area (Å²) < 4.78 is 0. The predicted octanol–water partition coefficient (Wildman–Crippen LogP) is 2.64. The van der Waals surface area contributed by atoms with Crippen molar-refractivity contribution in [2.45, 2.75) is 39.0 Å². The van der Waals surface area contributed by atoms with E-state index in [0.717, 1.165) is 31.4 Å². The Balaban J connectivity index is 1.84. The van der Waals surface area contributed by atoms with Gasteiger partial charge in [0.05, 0.1) is 0 Å². The highest BCUT2D eigenvalue weighted by molar-refractivity contribution is 5.79. The molecule has 1 aromatic rings. The van der Waals surface area contributed by atoms with Crippen molar-refractivity contribution in [3.63, 3.8) is 0 Å². The zero-order valence-electron chi connectivity index (χ0n) is 16.0. The average molecular weight is 331 g/mol. The zero-order valence-corrected chi connectivity index (χ0v) is 16.0. The molecule has 24 heavy (non-hydrogen) atoms. The Morgan fingerprint density at radius 2 is 1.96 bits per heavy atom. The van der Waals surface area contributed by atoms with Crippen LogP contribution in [-0.2, 0) is 11.8 Å². The number of benzene rings is 1. The summed E-state index contributed by atoms with van der Waals surface area (Å²) in [4.78, 5) is 6.77. The SMILES string of the molecule is CCc1ccc(C(C)(C)CNC(=NC)NCC2CCN(C)C2)cc1. The van der Waals surface area contributed by atoms with Crippen LogP contribution >= 0.6 is 0 Å². The second kappa shape index (κ2) is 8.52. The van der Waals surface area contributed by atoms with Crippen molar-refractivity contribution in [3.05, 3.63) is 35.4 Å². The number of nitrogens with zero attached hydrogens (tertiary/aromatic N) is 2. The predicted molar refractivity (Wildman–Crippen MR) is 104 cm³/mol. The third kappa shape index (κ3) is 5.23. The molecule has 1 fully saturated rings. The number of aliphatic imine (C=N–C) groups is 1. The van der Waals surface area contributed by atoms with Crippen molar-refractivity contribution in [2.24, 2.45) is 10.9 Å². The van der Waals surface area contributed by atoms with Crippen LogP contribution in [0.25, 0.3) is 0 Å². The Morgan fingerprint density at radius 1 is 1.25 bits per heavy atom. The summed E-state index contributed by atoms with van der Waals surface area (Å²) in [7, 11) is 4.04. The quantitative estimate of drug-likeness (QED) is 0.622. The van der Waals surface area contributed by atoms with Gasteiger partial charge in [0.2, 0.25) is 0 Å². The van der Waals surface area contributed by atoms with Crippen LogP contribution in [0.2, 0.25) is 0 Å². The molecule has 1 aliphatic heterocycles. The lowest BCUT2D eigenvalue weighted by Gasteiger charge is -2.27. The van der Waals surface area contributed by atoms with Gasteiger partial charge in [-0.2, -0.15) is 0 Å². The van der Waals surface area contributed by atoms with E-state index in [1.165, 1.54) is 30.6 Å². The summed E-state index contributed by atoms with van der Waals surface area (Å²) in [6, 6.07) is 8.98. The highest BCUT2D eigenvalue weighted by Gasteiger charge is 2.22. The van der Waals surface area contributed by atoms with Crippen molar-refractivity contribution < 1.29 is 0 Å². The van der Waals surface area contributed by atoms with E-state index in [9.17, 15) is 0 Å². The number of hydrogen-bond acceptors (Lipinski definition) is 2. The third-order valence-electron chi connectivity index (χ3n) is 5.11. The van der Waals surface area contributed by atoms with Crippen LogP contribution in [0, 0.1) is 5.92 Å². The van der Waals surface area contributed by atoms with Crippen LogP contribution in [0.1, 0.15) is 38.3 Å². The van der Waals surface area contributed by atoms with Gasteiger partial charge in [-0.3, -0.25) is 4.99 Å². The summed E-state index contributed by atoms with van der Waals surface area (Å²) in [5, 5.41) is 6.98. The maximum Gasteiger partial charge on any atom is 0.191 e. The first-order chi connectivity index (χ1) is 11.4. The fraction of sp³-hybridized carbons (Fsp3) is 0.650. The van der Waals surface area contributed by atoms with Crippen LogP contribution in [0.5, 0.6) is 0 Å². The smallest absolute Gasteiger partial charge is 0.191 e. The Hall–Kier alpha value is -1.55. The van der Waals surface area contributed by atoms with Gasteiger partial charge in [0.1, 0.15) is 0 Å². The molecule has 134 valence electrons. The first kappa shape index (κ1) is 18.8. The second-order valence-electron chi connectivity index (χ2n) is 7.66. The van der Waals surface area contributed by atoms with E-state index in [1.807, 2.05) is 7.05 Å². The molecule has 0 spiro atoms. The lowest BCUT2D eigenvalue weighted by molar-refractivity contribution is 0.393. The number of likely N-dealkylation sites (tertiary alicyclic amines) is 1. The molecule has 1 unspecified atom stereocenters. The van der Waals surface area contributed by atoms with Gasteiger partial charge in [-0.1, -0.05) is 45.0 Å². The number of rotatable bonds is 6. The lowest BCUT2D eigenvalue weighted by atomic mass is 9.84. The molecule has 1 heterocycles. The highest BCUT2D eigenvalue weighted by Crippen LogP contribution is 2.22. The molecule has 2 N–H and O–H groups in total. The van der Waals surface area contributed by atoms with Gasteiger partial charge in [-0.15, -0.1) is 0 Å². The summed E-state index contributed by atoms with van der Waals surface area (Å²) in [6.07, 6.45) is 2.36. The van der Waals surface area contributed by atoms with Gasteiger partial charge in [-0.05, 0) is 43.5 Å². The Morgan fingerprint density at radius 3 is 2.50 bits per heavy atom. The van der Waals surface area contributed by atoms with E-state index >= 15 is 0 Å². The molecule has 0 radical (unpaired) electrons. The molecule has 0 aliphatic carbocycles. The number of guanidine groups is 1. The monoisotopic (exact) mass is 330 g/mol. The Bertz CT molecular complexity index is 533. The minimum Gasteiger partial charge on any atom is -0.356 e. The topological polar surface area (TPSA) is 39.7 Å². The van der Waals surface area contributed by atoms with Crippen molar-refractivity contribution >= 4 is 5.96 Å². The Labute approximate surface area is 147 Å². The number of aryl methyl sites for hydroxylation is 1. The summed E-state index contributed by atoms with van der Waals surface area (Å²) >= 11 is 0. The van der Waals surface area contributed by atoms with E-state index < -0.39 is 0 Å². The van der Waals surface area contributed by atoms with E-state index in [4.69, 9.17) is 0 Å². The van der Waals surface area contributed by atoms with Gasteiger partial charge in [0, 0.05) is 32.1 Å². The molecule has 0 bridgehead atoms. The minimum absolute atomic E-state index is 0.0669. The number of hydrogen-bond donors (Lipinski definition) is 2. The highest BCUT2D eigenvalue weighted by atomic mass is 15.2. The maximum absolute atomic E-state index is 4.37. The fourth-order valence-corrected chi connectivity index (χ4v) is 3.25. The maximum atomic E-state index is 4.37. The van der Waals surface area contributed by atoms with Crippen LogP contribution in [0.15, 0.2) is 29.3 Å². The molecule has 4 heteroatoms. The van der Waals surface area contributed by atoms with Crippen LogP contribution in [0.4, 0.5) is 0 Å². The molecule has 2 rings (SSSR count). The van der Waals surface area contributed by atoms with Gasteiger partial charge < -0.3 is 15.5 Å². The molecule has 1 aliphatic rings. The normalized spacial score (nSPS) is 19.5. The lowest BCUT2D eigenvalue weighted by Crippen LogP contribution is -2.45. The van der Waals surface area contributed by atoms with Crippen molar-refractivity contribution in [1.82, 2.24) is 15.5 Å². The molecular weight excluding hydrogens is 296 g/mol. The molecule has 0 saturated carbocycles. The van der Waals surface area contributed by atoms with Gasteiger partial charge in [-0.25, -0.2) is 0 Å². The van der Waals surface area contributed by atoms with Crippen LogP contribution in [0.3, 0.4) is 0 Å². The molecule has 1 atom stereocenters. The number of nitrogens with one attached hydrogen (secondary N) is 2. The van der Waals surface area contributed by atoms with E-state index in [0.29, 0.717) is 0 Å². The van der Waals surface area contributed by atoms with Gasteiger partial charge >= 0.3 is 0 Å². The fourth-order valence-electron chi connectivity index (χ4n) is 3.25. The van der Waals surface area contributed by atoms with E-state index in [-0.39, 0.29) is 5.41 Å². The van der Waals surface area contributed by atoms with E-state index in [2.05, 4.69) is 72.6 Å². The summed E-state index contributed by atoms with van der Waals surface area (Å²) in [6.45, 7) is 11.0.